The summed E-state index contributed by atoms with van der Waals surface area (Å²) in [4.78, 5) is 66.0. The summed E-state index contributed by atoms with van der Waals surface area (Å²) in [6, 6.07) is 22.1. The van der Waals surface area contributed by atoms with Crippen LogP contribution in [-0.4, -0.2) is 42.0 Å². The van der Waals surface area contributed by atoms with Crippen molar-refractivity contribution in [1.82, 2.24) is 10.6 Å². The van der Waals surface area contributed by atoms with E-state index in [4.69, 9.17) is 9.47 Å². The number of ether oxygens (including phenoxy) is 2. The highest BCUT2D eigenvalue weighted by atomic mass is 16.7. The van der Waals surface area contributed by atoms with Gasteiger partial charge in [0, 0.05) is 36.8 Å². The summed E-state index contributed by atoms with van der Waals surface area (Å²) in [6.07, 6.45) is 1.87. The lowest BCUT2D eigenvalue weighted by atomic mass is 9.89. The number of ketones is 3. The maximum absolute atomic E-state index is 13.8. The lowest BCUT2D eigenvalue weighted by molar-refractivity contribution is -0.141. The predicted molar refractivity (Wildman–Crippen MR) is 157 cm³/mol. The Labute approximate surface area is 250 Å². The molecule has 0 radical (unpaired) electrons. The Morgan fingerprint density at radius 2 is 1.56 bits per heavy atom. The molecular weight excluding hydrogens is 548 g/mol. The van der Waals surface area contributed by atoms with E-state index in [1.54, 1.807) is 18.2 Å². The maximum atomic E-state index is 13.8. The highest BCUT2D eigenvalue weighted by Gasteiger charge is 2.35. The molecule has 1 aliphatic carbocycles. The van der Waals surface area contributed by atoms with Gasteiger partial charge in [-0.3, -0.25) is 24.0 Å². The molecular formula is C34H34N2O7. The van der Waals surface area contributed by atoms with Crippen LogP contribution in [0.25, 0.3) is 0 Å². The average molecular weight is 583 g/mol. The van der Waals surface area contributed by atoms with Gasteiger partial charge >= 0.3 is 0 Å². The Morgan fingerprint density at radius 3 is 2.26 bits per heavy atom. The first-order chi connectivity index (χ1) is 20.9. The van der Waals surface area contributed by atoms with Crippen LogP contribution in [0.4, 0.5) is 0 Å². The van der Waals surface area contributed by atoms with Crippen molar-refractivity contribution in [2.24, 2.45) is 11.8 Å². The van der Waals surface area contributed by atoms with Crippen LogP contribution in [0.2, 0.25) is 0 Å². The van der Waals surface area contributed by atoms with Gasteiger partial charge in [-0.2, -0.15) is 0 Å². The number of carbonyl (C=O) groups is 5. The molecule has 9 nitrogen and oxygen atoms in total. The Kier molecular flexibility index (Phi) is 9.61. The van der Waals surface area contributed by atoms with E-state index in [0.717, 1.165) is 11.1 Å². The van der Waals surface area contributed by atoms with Crippen LogP contribution < -0.4 is 20.1 Å². The van der Waals surface area contributed by atoms with Gasteiger partial charge in [0.15, 0.2) is 17.3 Å². The summed E-state index contributed by atoms with van der Waals surface area (Å²) in [7, 11) is 0. The van der Waals surface area contributed by atoms with E-state index >= 15 is 0 Å². The van der Waals surface area contributed by atoms with Crippen molar-refractivity contribution in [3.05, 3.63) is 95.6 Å². The van der Waals surface area contributed by atoms with Crippen LogP contribution in [0.3, 0.4) is 0 Å². The van der Waals surface area contributed by atoms with Crippen LogP contribution in [0, 0.1) is 11.8 Å². The van der Waals surface area contributed by atoms with Gasteiger partial charge in [-0.05, 0) is 55.0 Å². The highest BCUT2D eigenvalue weighted by Crippen LogP contribution is 2.33. The van der Waals surface area contributed by atoms with Gasteiger partial charge in [0.05, 0.1) is 6.04 Å². The topological polar surface area (TPSA) is 128 Å². The molecule has 222 valence electrons. The monoisotopic (exact) mass is 582 g/mol. The highest BCUT2D eigenvalue weighted by molar-refractivity contribution is 6.38. The Hall–Kier alpha value is -4.79. The van der Waals surface area contributed by atoms with E-state index in [0.29, 0.717) is 36.3 Å². The van der Waals surface area contributed by atoms with Crippen molar-refractivity contribution in [2.45, 2.75) is 51.1 Å². The summed E-state index contributed by atoms with van der Waals surface area (Å²) in [5.74, 6) is -2.68. The summed E-state index contributed by atoms with van der Waals surface area (Å²) in [6.45, 7) is 0.221. The molecule has 43 heavy (non-hydrogen) atoms. The number of Topliss-reactive ketones (excluding diaryl/α,β-unsaturated/α-hetero) is 3. The van der Waals surface area contributed by atoms with E-state index in [1.165, 1.54) is 0 Å². The molecule has 2 aliphatic rings. The van der Waals surface area contributed by atoms with Gasteiger partial charge in [-0.15, -0.1) is 0 Å². The van der Waals surface area contributed by atoms with Crippen molar-refractivity contribution >= 4 is 29.2 Å². The SMILES string of the molecule is O=C(NCc1ccccc1)C(=O)[C@H](C[C@@H]1CCCC1=O)NC(=O)[C@@H](CC(=O)c1ccc2c(c1)OCO2)Cc1ccccc1. The smallest absolute Gasteiger partial charge is 0.289 e. The van der Waals surface area contributed by atoms with Crippen molar-refractivity contribution in [3.63, 3.8) is 0 Å². The summed E-state index contributed by atoms with van der Waals surface area (Å²) < 4.78 is 10.7. The largest absolute Gasteiger partial charge is 0.454 e. The van der Waals surface area contributed by atoms with Crippen molar-refractivity contribution < 1.29 is 33.4 Å². The van der Waals surface area contributed by atoms with E-state index in [2.05, 4.69) is 10.6 Å². The molecule has 2 amide bonds. The number of amides is 2. The van der Waals surface area contributed by atoms with Crippen LogP contribution in [0.1, 0.15) is 53.6 Å². The Balaban J connectivity index is 1.33. The molecule has 1 aliphatic heterocycles. The molecule has 0 saturated heterocycles. The van der Waals surface area contributed by atoms with Gasteiger partial charge in [0.2, 0.25) is 18.5 Å². The molecule has 3 aromatic rings. The van der Waals surface area contributed by atoms with Crippen molar-refractivity contribution in [3.8, 4) is 11.5 Å². The summed E-state index contributed by atoms with van der Waals surface area (Å²) in [5, 5.41) is 5.39. The fraction of sp³-hybridized carbons (Fsp3) is 0.324. The predicted octanol–water partition coefficient (Wildman–Crippen LogP) is 3.98. The second kappa shape index (κ2) is 13.9. The lowest BCUT2D eigenvalue weighted by Gasteiger charge is -2.23. The van der Waals surface area contributed by atoms with Crippen molar-refractivity contribution in [1.29, 1.82) is 0 Å². The third-order valence-electron chi connectivity index (χ3n) is 7.93. The number of carbonyl (C=O) groups excluding carboxylic acids is 5. The lowest BCUT2D eigenvalue weighted by Crippen LogP contribution is -2.50. The van der Waals surface area contributed by atoms with Gasteiger partial charge in [0.1, 0.15) is 5.78 Å². The Morgan fingerprint density at radius 1 is 0.860 bits per heavy atom. The van der Waals surface area contributed by atoms with Crippen LogP contribution in [-0.2, 0) is 32.1 Å². The van der Waals surface area contributed by atoms with E-state index < -0.39 is 35.5 Å². The maximum Gasteiger partial charge on any atom is 0.289 e. The first kappa shape index (κ1) is 29.7. The standard InChI is InChI=1S/C34H34N2O7/c37-28-13-7-12-24(28)17-27(32(39)34(41)35-20-23-10-5-2-6-11-23)36-33(40)26(16-22-8-3-1-4-9-22)18-29(38)25-14-15-30-31(19-25)43-21-42-30/h1-6,8-11,14-15,19,24,26-27H,7,12-13,16-18,20-21H2,(H,35,41)(H,36,40)/t24-,26+,27-/m0/s1. The minimum atomic E-state index is -1.20. The molecule has 1 saturated carbocycles. The second-order valence-corrected chi connectivity index (χ2v) is 11.0. The molecule has 0 bridgehead atoms. The zero-order chi connectivity index (χ0) is 30.2. The van der Waals surface area contributed by atoms with Crippen LogP contribution >= 0.6 is 0 Å². The van der Waals surface area contributed by atoms with E-state index in [9.17, 15) is 24.0 Å². The number of nitrogens with one attached hydrogen (secondary N) is 2. The van der Waals surface area contributed by atoms with Gasteiger partial charge in [-0.25, -0.2) is 0 Å². The third-order valence-corrected chi connectivity index (χ3v) is 7.93. The number of hydrogen-bond donors (Lipinski definition) is 2. The zero-order valence-electron chi connectivity index (χ0n) is 23.8. The van der Waals surface area contributed by atoms with Crippen LogP contribution in [0.15, 0.2) is 78.9 Å². The number of benzene rings is 3. The number of rotatable bonds is 13. The van der Waals surface area contributed by atoms with Crippen LogP contribution in [0.5, 0.6) is 11.5 Å². The second-order valence-electron chi connectivity index (χ2n) is 11.0. The van der Waals surface area contributed by atoms with Crippen molar-refractivity contribution in [2.75, 3.05) is 6.79 Å². The summed E-state index contributed by atoms with van der Waals surface area (Å²) in [5.41, 5.74) is 2.04. The fourth-order valence-corrected chi connectivity index (χ4v) is 5.53. The first-order valence-corrected chi connectivity index (χ1v) is 14.5. The van der Waals surface area contributed by atoms with Gasteiger partial charge in [0.25, 0.3) is 5.91 Å². The normalized spacial score (nSPS) is 16.7. The summed E-state index contributed by atoms with van der Waals surface area (Å²) >= 11 is 0. The first-order valence-electron chi connectivity index (χ1n) is 14.5. The molecule has 3 aromatic carbocycles. The minimum absolute atomic E-state index is 0.0237. The molecule has 1 heterocycles. The molecule has 5 rings (SSSR count). The zero-order valence-corrected chi connectivity index (χ0v) is 23.8. The fourth-order valence-electron chi connectivity index (χ4n) is 5.53. The molecule has 3 atom stereocenters. The molecule has 9 heteroatoms. The minimum Gasteiger partial charge on any atom is -0.454 e. The molecule has 0 unspecified atom stereocenters. The molecule has 0 spiro atoms. The number of hydrogen-bond acceptors (Lipinski definition) is 7. The average Bonchev–Trinajstić information content (AvgIpc) is 3.67. The van der Waals surface area contributed by atoms with Gasteiger partial charge in [-0.1, -0.05) is 60.7 Å². The molecule has 2 N–H and O–H groups in total. The van der Waals surface area contributed by atoms with Gasteiger partial charge < -0.3 is 20.1 Å². The Bertz CT molecular complexity index is 1490. The van der Waals surface area contributed by atoms with E-state index in [1.807, 2.05) is 60.7 Å². The molecule has 1 fully saturated rings. The molecule has 0 aromatic heterocycles. The quantitative estimate of drug-likeness (QED) is 0.231. The van der Waals surface area contributed by atoms with E-state index in [-0.39, 0.29) is 44.2 Å². The number of fused-ring (bicyclic) bond motifs is 1. The third kappa shape index (κ3) is 7.74.